The first-order chi connectivity index (χ1) is 10.1. The van der Waals surface area contributed by atoms with Crippen LogP contribution in [0.25, 0.3) is 0 Å². The quantitative estimate of drug-likeness (QED) is 0.881. The molecule has 1 amide bonds. The van der Waals surface area contributed by atoms with Crippen molar-refractivity contribution in [3.05, 3.63) is 17.0 Å². The third-order valence-corrected chi connectivity index (χ3v) is 4.81. The number of rotatable bonds is 5. The Hall–Kier alpha value is -1.40. The van der Waals surface area contributed by atoms with Crippen LogP contribution in [0.4, 0.5) is 0 Å². The number of nitrogens with zero attached hydrogens (tertiary/aromatic N) is 2. The highest BCUT2D eigenvalue weighted by atomic mass is 16.5. The Kier molecular flexibility index (Phi) is 3.99. The second-order valence-electron chi connectivity index (χ2n) is 6.15. The zero-order valence-electron chi connectivity index (χ0n) is 12.9. The number of methoxy groups -OCH3 is 1. The van der Waals surface area contributed by atoms with Crippen molar-refractivity contribution in [1.29, 1.82) is 0 Å². The zero-order valence-corrected chi connectivity index (χ0v) is 12.9. The maximum atomic E-state index is 12.4. The van der Waals surface area contributed by atoms with E-state index in [1.54, 1.807) is 21.0 Å². The molecule has 2 heterocycles. The molecule has 2 aliphatic rings. The van der Waals surface area contributed by atoms with Gasteiger partial charge in [-0.15, -0.1) is 0 Å². The molecule has 0 radical (unpaired) electrons. The van der Waals surface area contributed by atoms with Gasteiger partial charge in [0.1, 0.15) is 11.3 Å². The van der Waals surface area contributed by atoms with Crippen LogP contribution in [0, 0.1) is 19.8 Å². The minimum absolute atomic E-state index is 0.0489. The molecule has 1 N–H and O–H groups in total. The van der Waals surface area contributed by atoms with E-state index in [0.29, 0.717) is 29.0 Å². The lowest BCUT2D eigenvalue weighted by Gasteiger charge is -2.31. The third kappa shape index (κ3) is 2.70. The predicted molar refractivity (Wildman–Crippen MR) is 77.2 cm³/mol. The molecule has 21 heavy (non-hydrogen) atoms. The van der Waals surface area contributed by atoms with E-state index in [0.717, 1.165) is 26.1 Å². The van der Waals surface area contributed by atoms with E-state index in [2.05, 4.69) is 15.4 Å². The topological polar surface area (TPSA) is 67.6 Å². The van der Waals surface area contributed by atoms with Gasteiger partial charge < -0.3 is 14.6 Å². The fraction of sp³-hybridized carbons (Fsp3) is 0.733. The summed E-state index contributed by atoms with van der Waals surface area (Å²) in [4.78, 5) is 14.9. The Morgan fingerprint density at radius 1 is 1.48 bits per heavy atom. The van der Waals surface area contributed by atoms with Crippen molar-refractivity contribution in [2.45, 2.75) is 38.8 Å². The lowest BCUT2D eigenvalue weighted by molar-refractivity contribution is 0.0883. The number of nitrogens with one attached hydrogen (secondary N) is 1. The van der Waals surface area contributed by atoms with Crippen LogP contribution >= 0.6 is 0 Å². The summed E-state index contributed by atoms with van der Waals surface area (Å²) in [6.45, 7) is 6.41. The number of hydrogen-bond acceptors (Lipinski definition) is 5. The maximum Gasteiger partial charge on any atom is 0.257 e. The highest BCUT2D eigenvalue weighted by Gasteiger charge is 2.45. The number of likely N-dealkylation sites (tertiary alicyclic amines) is 1. The van der Waals surface area contributed by atoms with Gasteiger partial charge in [-0.3, -0.25) is 9.69 Å². The van der Waals surface area contributed by atoms with Crippen LogP contribution in [0.15, 0.2) is 4.52 Å². The fourth-order valence-corrected chi connectivity index (χ4v) is 3.75. The number of hydrogen-bond donors (Lipinski definition) is 1. The molecule has 1 aliphatic carbocycles. The number of carbonyl (C=O) groups is 1. The highest BCUT2D eigenvalue weighted by Crippen LogP contribution is 2.37. The molecule has 1 aromatic rings. The van der Waals surface area contributed by atoms with Crippen LogP contribution in [0.2, 0.25) is 0 Å². The van der Waals surface area contributed by atoms with E-state index in [1.165, 1.54) is 6.42 Å². The van der Waals surface area contributed by atoms with Crippen LogP contribution in [0.1, 0.15) is 34.7 Å². The van der Waals surface area contributed by atoms with Crippen molar-refractivity contribution >= 4 is 5.91 Å². The van der Waals surface area contributed by atoms with Gasteiger partial charge in [0, 0.05) is 32.3 Å². The van der Waals surface area contributed by atoms with E-state index >= 15 is 0 Å². The van der Waals surface area contributed by atoms with Gasteiger partial charge in [-0.25, -0.2) is 0 Å². The number of amides is 1. The summed E-state index contributed by atoms with van der Waals surface area (Å²) in [6.07, 6.45) is 2.21. The lowest BCUT2D eigenvalue weighted by atomic mass is 10.0. The number of fused-ring (bicyclic) bond motifs is 2. The molecule has 0 spiro atoms. The fourth-order valence-electron chi connectivity index (χ4n) is 3.75. The Morgan fingerprint density at radius 2 is 2.29 bits per heavy atom. The number of aromatic nitrogens is 1. The SMILES string of the molecule is COCCN1C[C@H]2C[C@H]1C[C@H]2NC(=O)c1c(C)noc1C. The third-order valence-electron chi connectivity index (χ3n) is 4.81. The predicted octanol–water partition coefficient (Wildman–Crippen LogP) is 1.13. The number of ether oxygens (including phenoxy) is 1. The van der Waals surface area contributed by atoms with Crippen LogP contribution in [-0.4, -0.2) is 54.9 Å². The average Bonchev–Trinajstić information content (AvgIpc) is 3.11. The normalized spacial score (nSPS) is 28.2. The summed E-state index contributed by atoms with van der Waals surface area (Å²) >= 11 is 0. The van der Waals surface area contributed by atoms with Crippen LogP contribution < -0.4 is 5.32 Å². The summed E-state index contributed by atoms with van der Waals surface area (Å²) in [5.74, 6) is 1.10. The van der Waals surface area contributed by atoms with Crippen molar-refractivity contribution in [1.82, 2.24) is 15.4 Å². The summed E-state index contributed by atoms with van der Waals surface area (Å²) in [7, 11) is 1.74. The van der Waals surface area contributed by atoms with Crippen molar-refractivity contribution in [3.8, 4) is 0 Å². The van der Waals surface area contributed by atoms with Gasteiger partial charge in [0.15, 0.2) is 0 Å². The number of aryl methyl sites for hydroxylation is 2. The standard InChI is InChI=1S/C15H23N3O3/c1-9-14(10(2)21-17-9)15(19)16-13-7-12-6-11(13)8-18(12)4-5-20-3/h11-13H,4-8H2,1-3H3,(H,16,19)/t11-,12+,13-/m1/s1. The molecule has 6 nitrogen and oxygen atoms in total. The smallest absolute Gasteiger partial charge is 0.257 e. The van der Waals surface area contributed by atoms with E-state index in [9.17, 15) is 4.79 Å². The van der Waals surface area contributed by atoms with Gasteiger partial charge in [-0.05, 0) is 32.6 Å². The Balaban J connectivity index is 1.58. The lowest BCUT2D eigenvalue weighted by Crippen LogP contribution is -2.46. The molecule has 6 heteroatoms. The minimum atomic E-state index is -0.0489. The van der Waals surface area contributed by atoms with E-state index in [4.69, 9.17) is 9.26 Å². The van der Waals surface area contributed by atoms with Gasteiger partial charge in [0.25, 0.3) is 5.91 Å². The molecular formula is C15H23N3O3. The van der Waals surface area contributed by atoms with Crippen LogP contribution in [-0.2, 0) is 4.74 Å². The molecular weight excluding hydrogens is 270 g/mol. The van der Waals surface area contributed by atoms with Crippen molar-refractivity contribution in [3.63, 3.8) is 0 Å². The van der Waals surface area contributed by atoms with Crippen LogP contribution in [0.3, 0.4) is 0 Å². The molecule has 1 saturated carbocycles. The molecule has 0 aromatic carbocycles. The number of piperidine rings is 1. The first-order valence-corrected chi connectivity index (χ1v) is 7.57. The number of carbonyl (C=O) groups excluding carboxylic acids is 1. The maximum absolute atomic E-state index is 12.4. The van der Waals surface area contributed by atoms with Gasteiger partial charge in [-0.2, -0.15) is 0 Å². The second kappa shape index (κ2) is 5.77. The Bertz CT molecular complexity index is 509. The summed E-state index contributed by atoms with van der Waals surface area (Å²) in [6, 6.07) is 0.857. The molecule has 3 atom stereocenters. The summed E-state index contributed by atoms with van der Waals surface area (Å²) in [5.41, 5.74) is 1.25. The Morgan fingerprint density at radius 3 is 2.86 bits per heavy atom. The molecule has 0 unspecified atom stereocenters. The van der Waals surface area contributed by atoms with Gasteiger partial charge in [0.05, 0.1) is 12.3 Å². The van der Waals surface area contributed by atoms with Crippen molar-refractivity contribution in [2.24, 2.45) is 5.92 Å². The van der Waals surface area contributed by atoms with E-state index in [1.807, 2.05) is 0 Å². The Labute approximate surface area is 124 Å². The average molecular weight is 293 g/mol. The second-order valence-corrected chi connectivity index (χ2v) is 6.15. The van der Waals surface area contributed by atoms with E-state index < -0.39 is 0 Å². The highest BCUT2D eigenvalue weighted by molar-refractivity contribution is 5.96. The monoisotopic (exact) mass is 293 g/mol. The molecule has 2 fully saturated rings. The van der Waals surface area contributed by atoms with Gasteiger partial charge >= 0.3 is 0 Å². The first-order valence-electron chi connectivity index (χ1n) is 7.57. The van der Waals surface area contributed by atoms with Crippen molar-refractivity contribution < 1.29 is 14.1 Å². The molecule has 1 saturated heterocycles. The van der Waals surface area contributed by atoms with Gasteiger partial charge in [0.2, 0.25) is 0 Å². The summed E-state index contributed by atoms with van der Waals surface area (Å²) in [5, 5.41) is 7.02. The van der Waals surface area contributed by atoms with Gasteiger partial charge in [-0.1, -0.05) is 5.16 Å². The summed E-state index contributed by atoms with van der Waals surface area (Å²) < 4.78 is 10.2. The van der Waals surface area contributed by atoms with Crippen molar-refractivity contribution in [2.75, 3.05) is 26.8 Å². The largest absolute Gasteiger partial charge is 0.383 e. The molecule has 1 aliphatic heterocycles. The first kappa shape index (κ1) is 14.5. The minimum Gasteiger partial charge on any atom is -0.383 e. The molecule has 116 valence electrons. The zero-order chi connectivity index (χ0) is 15.0. The molecule has 2 bridgehead atoms. The van der Waals surface area contributed by atoms with Crippen LogP contribution in [0.5, 0.6) is 0 Å². The molecule has 3 rings (SSSR count). The van der Waals surface area contributed by atoms with E-state index in [-0.39, 0.29) is 11.9 Å². The molecule has 1 aromatic heterocycles.